The molecule has 0 bridgehead atoms. The molecule has 0 N–H and O–H groups in total. The van der Waals surface area contributed by atoms with Crippen LogP contribution in [0, 0.1) is 17.5 Å². The standard InChI is InChI=1S/C23H21F6N7O3/c24-14-7-13(8-15(25)9-14)18-1-2-31-36(18)22(38)34-5-3-33(4-6-34)21-30-10-17(26)19(32-21)20(37)35-11-16(12-35)39-23(27,28)29/h2,7-10,16,18H,1,3-6,11-12H2. The first-order valence-corrected chi connectivity index (χ1v) is 11.9. The summed E-state index contributed by atoms with van der Waals surface area (Å²) in [5.74, 6) is -3.43. The van der Waals surface area contributed by atoms with Gasteiger partial charge >= 0.3 is 12.4 Å². The molecule has 3 aliphatic rings. The molecule has 208 valence electrons. The van der Waals surface area contributed by atoms with Crippen molar-refractivity contribution in [2.45, 2.75) is 24.9 Å². The predicted octanol–water partition coefficient (Wildman–Crippen LogP) is 2.93. The highest BCUT2D eigenvalue weighted by atomic mass is 19.4. The summed E-state index contributed by atoms with van der Waals surface area (Å²) in [6, 6.07) is 1.90. The zero-order valence-corrected chi connectivity index (χ0v) is 20.1. The van der Waals surface area contributed by atoms with Crippen LogP contribution in [0.4, 0.5) is 37.1 Å². The van der Waals surface area contributed by atoms with E-state index in [-0.39, 0.29) is 57.2 Å². The van der Waals surface area contributed by atoms with Crippen LogP contribution >= 0.6 is 0 Å². The quantitative estimate of drug-likeness (QED) is 0.537. The largest absolute Gasteiger partial charge is 0.522 e. The van der Waals surface area contributed by atoms with E-state index in [2.05, 4.69) is 19.8 Å². The van der Waals surface area contributed by atoms with Gasteiger partial charge in [0.15, 0.2) is 11.5 Å². The Morgan fingerprint density at radius 3 is 2.26 bits per heavy atom. The van der Waals surface area contributed by atoms with Crippen molar-refractivity contribution in [3.63, 3.8) is 0 Å². The van der Waals surface area contributed by atoms with E-state index < -0.39 is 53.6 Å². The molecule has 1 aromatic carbocycles. The van der Waals surface area contributed by atoms with E-state index in [1.165, 1.54) is 11.1 Å². The number of rotatable bonds is 4. The van der Waals surface area contributed by atoms with E-state index in [1.54, 1.807) is 4.90 Å². The molecule has 39 heavy (non-hydrogen) atoms. The van der Waals surface area contributed by atoms with Crippen molar-refractivity contribution in [1.82, 2.24) is 24.8 Å². The molecule has 2 aromatic rings. The minimum Gasteiger partial charge on any atom is -0.337 e. The monoisotopic (exact) mass is 557 g/mol. The second-order valence-electron chi connectivity index (χ2n) is 9.12. The van der Waals surface area contributed by atoms with Crippen molar-refractivity contribution >= 4 is 24.1 Å². The third-order valence-corrected chi connectivity index (χ3v) is 6.50. The van der Waals surface area contributed by atoms with E-state index >= 15 is 0 Å². The number of amides is 3. The van der Waals surface area contributed by atoms with Gasteiger partial charge in [0, 0.05) is 58.0 Å². The fourth-order valence-electron chi connectivity index (χ4n) is 4.56. The molecule has 0 saturated carbocycles. The highest BCUT2D eigenvalue weighted by molar-refractivity contribution is 5.93. The first kappa shape index (κ1) is 26.6. The van der Waals surface area contributed by atoms with E-state index in [4.69, 9.17) is 0 Å². The summed E-state index contributed by atoms with van der Waals surface area (Å²) >= 11 is 0. The van der Waals surface area contributed by atoms with Gasteiger partial charge in [0.05, 0.1) is 12.2 Å². The number of hydrazone groups is 1. The average molecular weight is 557 g/mol. The fraction of sp³-hybridized carbons (Fsp3) is 0.435. The maximum absolute atomic E-state index is 14.3. The van der Waals surface area contributed by atoms with Gasteiger partial charge in [-0.3, -0.25) is 9.53 Å². The van der Waals surface area contributed by atoms with E-state index in [0.29, 0.717) is 0 Å². The van der Waals surface area contributed by atoms with Crippen LogP contribution in [0.1, 0.15) is 28.5 Å². The fourth-order valence-corrected chi connectivity index (χ4v) is 4.56. The number of alkyl halides is 3. The summed E-state index contributed by atoms with van der Waals surface area (Å²) in [5.41, 5.74) is -0.312. The number of urea groups is 1. The van der Waals surface area contributed by atoms with Crippen LogP contribution in [0.2, 0.25) is 0 Å². The topological polar surface area (TPSA) is 94.5 Å². The number of nitrogens with zero attached hydrogens (tertiary/aromatic N) is 7. The third kappa shape index (κ3) is 5.74. The molecule has 0 spiro atoms. The van der Waals surface area contributed by atoms with Crippen LogP contribution in [0.15, 0.2) is 29.5 Å². The van der Waals surface area contributed by atoms with E-state index in [0.717, 1.165) is 34.3 Å². The molecule has 4 heterocycles. The SMILES string of the molecule is O=C(c1nc(N2CCN(C(=O)N3N=CCC3c3cc(F)cc(F)c3)CC2)ncc1F)N1CC(OC(F)(F)F)C1. The van der Waals surface area contributed by atoms with Gasteiger partial charge in [-0.05, 0) is 17.7 Å². The Labute approximate surface area is 217 Å². The summed E-state index contributed by atoms with van der Waals surface area (Å²) < 4.78 is 82.5. The number of ether oxygens (including phenoxy) is 1. The number of benzene rings is 1. The molecule has 16 heteroatoms. The number of anilines is 1. The van der Waals surface area contributed by atoms with Crippen molar-refractivity contribution in [3.8, 4) is 0 Å². The normalized spacial score (nSPS) is 20.0. The molecule has 0 aliphatic carbocycles. The highest BCUT2D eigenvalue weighted by Gasteiger charge is 2.42. The molecule has 3 aliphatic heterocycles. The van der Waals surface area contributed by atoms with Gasteiger partial charge in [-0.25, -0.2) is 32.9 Å². The molecular formula is C23H21F6N7O3. The van der Waals surface area contributed by atoms with Gasteiger partial charge in [0.25, 0.3) is 5.91 Å². The first-order chi connectivity index (χ1) is 18.5. The minimum absolute atomic E-state index is 0.0165. The highest BCUT2D eigenvalue weighted by Crippen LogP contribution is 2.31. The number of hydrogen-bond acceptors (Lipinski definition) is 7. The molecular weight excluding hydrogens is 536 g/mol. The minimum atomic E-state index is -4.84. The zero-order chi connectivity index (χ0) is 27.9. The molecule has 0 radical (unpaired) electrons. The molecule has 1 aromatic heterocycles. The number of piperazine rings is 1. The summed E-state index contributed by atoms with van der Waals surface area (Å²) in [7, 11) is 0. The van der Waals surface area contributed by atoms with Gasteiger partial charge < -0.3 is 14.7 Å². The zero-order valence-electron chi connectivity index (χ0n) is 20.1. The molecule has 2 saturated heterocycles. The maximum atomic E-state index is 14.3. The first-order valence-electron chi connectivity index (χ1n) is 11.9. The lowest BCUT2D eigenvalue weighted by molar-refractivity contribution is -0.352. The summed E-state index contributed by atoms with van der Waals surface area (Å²) in [6.45, 7) is 0.0731. The summed E-state index contributed by atoms with van der Waals surface area (Å²) in [5, 5.41) is 5.24. The van der Waals surface area contributed by atoms with Crippen LogP contribution in [-0.2, 0) is 4.74 Å². The number of halogens is 6. The van der Waals surface area contributed by atoms with Crippen LogP contribution in [0.3, 0.4) is 0 Å². The van der Waals surface area contributed by atoms with Crippen LogP contribution in [-0.4, -0.2) is 94.7 Å². The Hall–Kier alpha value is -3.95. The predicted molar refractivity (Wildman–Crippen MR) is 122 cm³/mol. The van der Waals surface area contributed by atoms with Gasteiger partial charge in [-0.1, -0.05) is 0 Å². The number of carbonyl (C=O) groups excluding carboxylic acids is 2. The van der Waals surface area contributed by atoms with Crippen molar-refractivity contribution < 1.29 is 40.7 Å². The summed E-state index contributed by atoms with van der Waals surface area (Å²) in [4.78, 5) is 37.7. The number of hydrogen-bond donors (Lipinski definition) is 0. The third-order valence-electron chi connectivity index (χ3n) is 6.50. The van der Waals surface area contributed by atoms with Crippen LogP contribution < -0.4 is 4.90 Å². The van der Waals surface area contributed by atoms with Crippen LogP contribution in [0.25, 0.3) is 0 Å². The van der Waals surface area contributed by atoms with Crippen molar-refractivity contribution in [1.29, 1.82) is 0 Å². The number of carbonyl (C=O) groups is 2. The molecule has 1 unspecified atom stereocenters. The van der Waals surface area contributed by atoms with Crippen LogP contribution in [0.5, 0.6) is 0 Å². The Morgan fingerprint density at radius 1 is 0.949 bits per heavy atom. The Kier molecular flexibility index (Phi) is 7.05. The van der Waals surface area contributed by atoms with Gasteiger partial charge in [-0.15, -0.1) is 13.2 Å². The molecule has 2 fully saturated rings. The van der Waals surface area contributed by atoms with E-state index in [9.17, 15) is 35.9 Å². The molecule has 5 rings (SSSR count). The second kappa shape index (κ2) is 10.3. The van der Waals surface area contributed by atoms with Crippen molar-refractivity contribution in [2.24, 2.45) is 5.10 Å². The lowest BCUT2D eigenvalue weighted by atomic mass is 10.0. The number of aromatic nitrogens is 2. The van der Waals surface area contributed by atoms with Gasteiger partial charge in [-0.2, -0.15) is 5.10 Å². The Bertz CT molecular complexity index is 1280. The Balaban J connectivity index is 1.20. The lowest BCUT2D eigenvalue weighted by Crippen LogP contribution is -2.56. The maximum Gasteiger partial charge on any atom is 0.522 e. The lowest BCUT2D eigenvalue weighted by Gasteiger charge is -2.39. The second-order valence-corrected chi connectivity index (χ2v) is 9.12. The summed E-state index contributed by atoms with van der Waals surface area (Å²) in [6.07, 6.45) is -3.49. The molecule has 3 amide bonds. The van der Waals surface area contributed by atoms with E-state index in [1.807, 2.05) is 0 Å². The van der Waals surface area contributed by atoms with Gasteiger partial charge in [0.1, 0.15) is 17.7 Å². The Morgan fingerprint density at radius 2 is 1.62 bits per heavy atom. The average Bonchev–Trinajstić information content (AvgIpc) is 3.35. The molecule has 1 atom stereocenters. The number of likely N-dealkylation sites (tertiary alicyclic amines) is 1. The van der Waals surface area contributed by atoms with Crippen molar-refractivity contribution in [3.05, 3.63) is 53.1 Å². The van der Waals surface area contributed by atoms with Gasteiger partial charge in [0.2, 0.25) is 5.95 Å². The van der Waals surface area contributed by atoms with Crippen molar-refractivity contribution in [2.75, 3.05) is 44.2 Å². The smallest absolute Gasteiger partial charge is 0.337 e. The molecule has 10 nitrogen and oxygen atoms in total.